The van der Waals surface area contributed by atoms with Gasteiger partial charge in [0.25, 0.3) is 0 Å². The van der Waals surface area contributed by atoms with Gasteiger partial charge in [-0.25, -0.2) is 4.98 Å². The minimum absolute atomic E-state index is 0. The summed E-state index contributed by atoms with van der Waals surface area (Å²) in [5.41, 5.74) is 0.415. The second kappa shape index (κ2) is 12.1. The van der Waals surface area contributed by atoms with Crippen molar-refractivity contribution < 1.29 is 35.8 Å². The van der Waals surface area contributed by atoms with Crippen molar-refractivity contribution in [1.82, 2.24) is 4.98 Å². The summed E-state index contributed by atoms with van der Waals surface area (Å²) in [7, 11) is 4.28. The molecule has 1 aliphatic rings. The van der Waals surface area contributed by atoms with Crippen LogP contribution in [0.5, 0.6) is 0 Å². The molecule has 0 spiro atoms. The number of carbonyl (C=O) groups excluding carboxylic acids is 1. The maximum absolute atomic E-state index is 12.4. The zero-order valence-corrected chi connectivity index (χ0v) is 22.4. The summed E-state index contributed by atoms with van der Waals surface area (Å²) in [4.78, 5) is 17.0. The lowest BCUT2D eigenvalue weighted by atomic mass is 9.73. The van der Waals surface area contributed by atoms with Gasteiger partial charge in [0, 0.05) is 24.3 Å². The Morgan fingerprint density at radius 2 is 1.66 bits per heavy atom. The van der Waals surface area contributed by atoms with Gasteiger partial charge in [-0.1, -0.05) is 79.9 Å². The molecule has 1 heterocycles. The van der Waals surface area contributed by atoms with Crippen LogP contribution in [0.25, 0.3) is 0 Å². The van der Waals surface area contributed by atoms with E-state index in [-0.39, 0.29) is 28.7 Å². The topological polar surface area (TPSA) is 63.3 Å². The van der Waals surface area contributed by atoms with Crippen molar-refractivity contribution in [3.63, 3.8) is 0 Å². The van der Waals surface area contributed by atoms with Crippen molar-refractivity contribution in [2.75, 3.05) is 20.6 Å². The van der Waals surface area contributed by atoms with Gasteiger partial charge in [-0.2, -0.15) is 0 Å². The Bertz CT molecular complexity index is 1060. The predicted molar refractivity (Wildman–Crippen MR) is 133 cm³/mol. The third-order valence-electron chi connectivity index (χ3n) is 7.14. The quantitative estimate of drug-likeness (QED) is 0.317. The smallest absolute Gasteiger partial charge is 0.231 e. The molecule has 0 saturated heterocycles. The molecule has 4 rings (SSSR count). The van der Waals surface area contributed by atoms with E-state index in [1.807, 2.05) is 60.7 Å². The number of aromatic nitrogens is 1. The Morgan fingerprint density at radius 3 is 2.31 bits per heavy atom. The highest BCUT2D eigenvalue weighted by Crippen LogP contribution is 2.43. The lowest BCUT2D eigenvalue weighted by Gasteiger charge is -2.36. The van der Waals surface area contributed by atoms with Crippen LogP contribution in [0.3, 0.4) is 0 Å². The summed E-state index contributed by atoms with van der Waals surface area (Å²) in [6.07, 6.45) is 8.51. The normalized spacial score (nSPS) is 16.3. The number of quaternary nitrogens is 1. The first-order valence-electron chi connectivity index (χ1n) is 12.5. The second-order valence-electron chi connectivity index (χ2n) is 10.3. The first-order valence-corrected chi connectivity index (χ1v) is 12.5. The van der Waals surface area contributed by atoms with Crippen LogP contribution in [-0.4, -0.2) is 41.0 Å². The molecule has 0 radical (unpaired) electrons. The fraction of sp³-hybridized carbons (Fsp3) is 0.448. The van der Waals surface area contributed by atoms with Gasteiger partial charge < -0.3 is 31.0 Å². The summed E-state index contributed by atoms with van der Waals surface area (Å²) in [5, 5.41) is 12.0. The van der Waals surface area contributed by atoms with E-state index in [1.54, 1.807) is 6.20 Å². The van der Waals surface area contributed by atoms with Gasteiger partial charge in [-0.3, -0.25) is 4.79 Å². The number of carbonyl (C=O) groups is 1. The van der Waals surface area contributed by atoms with Crippen LogP contribution in [0.2, 0.25) is 0 Å². The van der Waals surface area contributed by atoms with Crippen LogP contribution >= 0.6 is 0 Å². The van der Waals surface area contributed by atoms with E-state index in [1.165, 1.54) is 6.42 Å². The van der Waals surface area contributed by atoms with Crippen molar-refractivity contribution in [2.45, 2.75) is 57.1 Å². The molecule has 2 aromatic carbocycles. The molecule has 0 aliphatic heterocycles. The fourth-order valence-corrected chi connectivity index (χ4v) is 5.24. The number of hydrogen-bond donors (Lipinski definition) is 1. The Morgan fingerprint density at radius 1 is 1.03 bits per heavy atom. The molecule has 0 unspecified atom stereocenters. The molecular formula is C29H37BrN2O3. The number of nitrogens with zero attached hydrogens (tertiary/aromatic N) is 2. The zero-order valence-electron chi connectivity index (χ0n) is 20.8. The molecule has 188 valence electrons. The maximum Gasteiger partial charge on any atom is 0.231 e. The van der Waals surface area contributed by atoms with Crippen molar-refractivity contribution in [3.05, 3.63) is 89.6 Å². The van der Waals surface area contributed by atoms with Gasteiger partial charge in [0.05, 0.1) is 26.8 Å². The molecule has 35 heavy (non-hydrogen) atoms. The number of benzene rings is 2. The third kappa shape index (κ3) is 6.69. The molecule has 3 aromatic rings. The monoisotopic (exact) mass is 540 g/mol. The van der Waals surface area contributed by atoms with Crippen molar-refractivity contribution >= 4 is 5.78 Å². The van der Waals surface area contributed by atoms with E-state index < -0.39 is 5.60 Å². The molecular weight excluding hydrogens is 504 g/mol. The standard InChI is InChI=1S/C29H37N2O3.BrH/c1-31(2,20-12-19-27(32)23-13-6-3-7-14-23)22-26-21-30-28(34-26)29(33,24-15-8-4-9-16-24)25-17-10-5-11-18-25;/h3-4,6-9,13-16,21,25,33H,5,10-12,17-20,22H2,1-2H3;1H/q+1;/p-1/t29-;/m0./s1. The minimum Gasteiger partial charge on any atom is -1.00 e. The van der Waals surface area contributed by atoms with Crippen LogP contribution in [0.15, 0.2) is 71.3 Å². The highest BCUT2D eigenvalue weighted by molar-refractivity contribution is 5.95. The Labute approximate surface area is 219 Å². The minimum atomic E-state index is -1.21. The second-order valence-corrected chi connectivity index (χ2v) is 10.3. The lowest BCUT2D eigenvalue weighted by Crippen LogP contribution is -3.00. The number of Topliss-reactive ketones (excluding diaryl/α,β-unsaturated/α-hetero) is 1. The molecule has 1 atom stereocenters. The summed E-state index contributed by atoms with van der Waals surface area (Å²) in [5.74, 6) is 1.45. The van der Waals surface area contributed by atoms with E-state index in [2.05, 4.69) is 19.1 Å². The SMILES string of the molecule is C[N+](C)(CCCC(=O)c1ccccc1)Cc1cnc([C@](O)(c2ccccc2)C2CCCCC2)o1.[Br-]. The molecule has 1 fully saturated rings. The first kappa shape index (κ1) is 27.3. The summed E-state index contributed by atoms with van der Waals surface area (Å²) in [6, 6.07) is 19.3. The van der Waals surface area contributed by atoms with Gasteiger partial charge in [0.15, 0.2) is 17.1 Å². The molecule has 0 amide bonds. The zero-order chi connectivity index (χ0) is 24.0. The first-order chi connectivity index (χ1) is 16.4. The van der Waals surface area contributed by atoms with E-state index in [0.717, 1.165) is 55.5 Å². The molecule has 6 heteroatoms. The predicted octanol–water partition coefficient (Wildman–Crippen LogP) is 2.73. The molecule has 1 aliphatic carbocycles. The van der Waals surface area contributed by atoms with Crippen molar-refractivity contribution in [1.29, 1.82) is 0 Å². The highest BCUT2D eigenvalue weighted by atomic mass is 79.9. The van der Waals surface area contributed by atoms with E-state index in [0.29, 0.717) is 23.3 Å². The molecule has 1 N–H and O–H groups in total. The molecule has 0 bridgehead atoms. The van der Waals surface area contributed by atoms with Crippen LogP contribution in [0.4, 0.5) is 0 Å². The van der Waals surface area contributed by atoms with Crippen molar-refractivity contribution in [3.8, 4) is 0 Å². The van der Waals surface area contributed by atoms with Crippen LogP contribution < -0.4 is 17.0 Å². The third-order valence-corrected chi connectivity index (χ3v) is 7.14. The lowest BCUT2D eigenvalue weighted by molar-refractivity contribution is -0.904. The molecule has 1 aromatic heterocycles. The molecule has 5 nitrogen and oxygen atoms in total. The van der Waals surface area contributed by atoms with Gasteiger partial charge in [-0.15, -0.1) is 0 Å². The van der Waals surface area contributed by atoms with Crippen LogP contribution in [0.1, 0.15) is 72.5 Å². The van der Waals surface area contributed by atoms with Crippen LogP contribution in [-0.2, 0) is 12.1 Å². The average molecular weight is 542 g/mol. The van der Waals surface area contributed by atoms with Crippen LogP contribution in [0, 0.1) is 5.92 Å². The Kier molecular flexibility index (Phi) is 9.45. The average Bonchev–Trinajstić information content (AvgIpc) is 3.33. The van der Waals surface area contributed by atoms with Gasteiger partial charge in [-0.05, 0) is 18.4 Å². The number of halogens is 1. The highest BCUT2D eigenvalue weighted by Gasteiger charge is 2.44. The number of oxazole rings is 1. The fourth-order valence-electron chi connectivity index (χ4n) is 5.24. The van der Waals surface area contributed by atoms with Gasteiger partial charge >= 0.3 is 0 Å². The summed E-state index contributed by atoms with van der Waals surface area (Å²) < 4.78 is 6.93. The molecule has 1 saturated carbocycles. The van der Waals surface area contributed by atoms with Gasteiger partial charge in [0.1, 0.15) is 6.54 Å². The van der Waals surface area contributed by atoms with Gasteiger partial charge in [0.2, 0.25) is 5.89 Å². The number of ketones is 1. The van der Waals surface area contributed by atoms with E-state index in [9.17, 15) is 9.90 Å². The number of aliphatic hydroxyl groups is 1. The summed E-state index contributed by atoms with van der Waals surface area (Å²) >= 11 is 0. The largest absolute Gasteiger partial charge is 1.00 e. The maximum atomic E-state index is 12.4. The van der Waals surface area contributed by atoms with E-state index in [4.69, 9.17) is 4.42 Å². The Balaban J connectivity index is 0.00000342. The number of rotatable bonds is 10. The summed E-state index contributed by atoms with van der Waals surface area (Å²) in [6.45, 7) is 1.50. The Hall–Kier alpha value is -2.28. The van der Waals surface area contributed by atoms with E-state index >= 15 is 0 Å². The number of hydrogen-bond acceptors (Lipinski definition) is 4. The van der Waals surface area contributed by atoms with Crippen molar-refractivity contribution in [2.24, 2.45) is 5.92 Å².